The van der Waals surface area contributed by atoms with Crippen LogP contribution in [0.4, 0.5) is 4.79 Å². The Kier molecular flexibility index (Phi) is 5.80. The Balaban J connectivity index is 1.98. The lowest BCUT2D eigenvalue weighted by atomic mass is 10.1. The molecule has 0 aliphatic rings. The third-order valence-corrected chi connectivity index (χ3v) is 3.30. The quantitative estimate of drug-likeness (QED) is 0.839. The number of carboxylic acids is 1. The van der Waals surface area contributed by atoms with Gasteiger partial charge in [0.05, 0.1) is 12.0 Å². The summed E-state index contributed by atoms with van der Waals surface area (Å²) in [6.07, 6.45) is 2.74. The van der Waals surface area contributed by atoms with Gasteiger partial charge in [0.1, 0.15) is 11.6 Å². The minimum Gasteiger partial charge on any atom is -0.480 e. The van der Waals surface area contributed by atoms with Gasteiger partial charge in [-0.25, -0.2) is 14.6 Å². The number of imidazole rings is 1. The Bertz CT molecular complexity index is 719. The Morgan fingerprint density at radius 3 is 2.56 bits per heavy atom. The molecule has 0 radical (unpaired) electrons. The van der Waals surface area contributed by atoms with Gasteiger partial charge in [0, 0.05) is 19.2 Å². The number of carboxylic acid groups (broad SMARTS) is 1. The Labute approximate surface area is 146 Å². The summed E-state index contributed by atoms with van der Waals surface area (Å²) in [4.78, 5) is 27.4. The summed E-state index contributed by atoms with van der Waals surface area (Å²) in [5.74, 6) is -1.14. The lowest BCUT2D eigenvalue weighted by molar-refractivity contribution is -0.139. The molecular weight excluding hydrogens is 322 g/mol. The molecule has 0 saturated carbocycles. The SMILES string of the molecule is CC(C)(C)OC(=O)N[C@H](Cc1cn(Cc2ccccc2)cn1)C(=O)O. The van der Waals surface area contributed by atoms with Crippen LogP contribution in [0.25, 0.3) is 0 Å². The van der Waals surface area contributed by atoms with Crippen molar-refractivity contribution in [2.45, 2.75) is 45.4 Å². The monoisotopic (exact) mass is 345 g/mol. The van der Waals surface area contributed by atoms with E-state index in [2.05, 4.69) is 10.3 Å². The van der Waals surface area contributed by atoms with Crippen molar-refractivity contribution in [3.8, 4) is 0 Å². The number of hydrogen-bond acceptors (Lipinski definition) is 4. The predicted molar refractivity (Wildman–Crippen MR) is 92.3 cm³/mol. The second-order valence-corrected chi connectivity index (χ2v) is 6.76. The number of rotatable bonds is 6. The number of carbonyl (C=O) groups is 2. The van der Waals surface area contributed by atoms with E-state index in [4.69, 9.17) is 4.74 Å². The highest BCUT2D eigenvalue weighted by atomic mass is 16.6. The molecule has 25 heavy (non-hydrogen) atoms. The van der Waals surface area contributed by atoms with Crippen LogP contribution in [0.1, 0.15) is 32.0 Å². The number of amides is 1. The van der Waals surface area contributed by atoms with E-state index in [1.54, 1.807) is 33.3 Å². The number of benzene rings is 1. The molecule has 2 aromatic rings. The lowest BCUT2D eigenvalue weighted by Crippen LogP contribution is -2.44. The molecule has 0 aliphatic carbocycles. The van der Waals surface area contributed by atoms with Crippen LogP contribution in [0.2, 0.25) is 0 Å². The van der Waals surface area contributed by atoms with Gasteiger partial charge in [0.15, 0.2) is 0 Å². The number of nitrogens with zero attached hydrogens (tertiary/aromatic N) is 2. The van der Waals surface area contributed by atoms with Gasteiger partial charge in [-0.05, 0) is 26.3 Å². The molecular formula is C18H23N3O4. The molecule has 0 bridgehead atoms. The van der Waals surface area contributed by atoms with Gasteiger partial charge in [0.25, 0.3) is 0 Å². The standard InChI is InChI=1S/C18H23N3O4/c1-18(2,3)25-17(24)20-15(16(22)23)9-14-11-21(12-19-14)10-13-7-5-4-6-8-13/h4-8,11-12,15H,9-10H2,1-3H3,(H,20,24)(H,22,23)/t15-/m1/s1. The first-order valence-corrected chi connectivity index (χ1v) is 8.00. The molecule has 1 atom stereocenters. The van der Waals surface area contributed by atoms with Gasteiger partial charge in [-0.2, -0.15) is 0 Å². The van der Waals surface area contributed by atoms with Crippen LogP contribution in [-0.4, -0.2) is 38.4 Å². The van der Waals surface area contributed by atoms with Gasteiger partial charge in [-0.3, -0.25) is 0 Å². The Hall–Kier alpha value is -2.83. The van der Waals surface area contributed by atoms with Crippen LogP contribution < -0.4 is 5.32 Å². The van der Waals surface area contributed by atoms with Crippen LogP contribution in [0.15, 0.2) is 42.9 Å². The van der Waals surface area contributed by atoms with Gasteiger partial charge in [-0.15, -0.1) is 0 Å². The van der Waals surface area contributed by atoms with Gasteiger partial charge in [-0.1, -0.05) is 30.3 Å². The first-order valence-electron chi connectivity index (χ1n) is 8.00. The number of alkyl carbamates (subject to hydrolysis) is 1. The Morgan fingerprint density at radius 1 is 1.28 bits per heavy atom. The number of nitrogens with one attached hydrogen (secondary N) is 1. The van der Waals surface area contributed by atoms with Gasteiger partial charge < -0.3 is 19.7 Å². The highest BCUT2D eigenvalue weighted by molar-refractivity contribution is 5.80. The topological polar surface area (TPSA) is 93.5 Å². The third-order valence-electron chi connectivity index (χ3n) is 3.30. The zero-order valence-electron chi connectivity index (χ0n) is 14.6. The van der Waals surface area contributed by atoms with E-state index >= 15 is 0 Å². The maximum Gasteiger partial charge on any atom is 0.408 e. The summed E-state index contributed by atoms with van der Waals surface area (Å²) in [6, 6.07) is 8.77. The van der Waals surface area contributed by atoms with Crippen molar-refractivity contribution in [2.75, 3.05) is 0 Å². The lowest BCUT2D eigenvalue weighted by Gasteiger charge is -2.21. The fraction of sp³-hybridized carbons (Fsp3) is 0.389. The van der Waals surface area contributed by atoms with Gasteiger partial charge in [0.2, 0.25) is 0 Å². The van der Waals surface area contributed by atoms with E-state index in [1.807, 2.05) is 34.9 Å². The molecule has 7 heteroatoms. The van der Waals surface area contributed by atoms with Crippen LogP contribution in [0.5, 0.6) is 0 Å². The summed E-state index contributed by atoms with van der Waals surface area (Å²) in [5.41, 5.74) is 1.01. The minimum atomic E-state index is -1.14. The molecule has 0 aliphatic heterocycles. The summed E-state index contributed by atoms with van der Waals surface area (Å²) in [7, 11) is 0. The number of hydrogen-bond donors (Lipinski definition) is 2. The number of ether oxygens (including phenoxy) is 1. The van der Waals surface area contributed by atoms with Crippen molar-refractivity contribution < 1.29 is 19.4 Å². The summed E-state index contributed by atoms with van der Waals surface area (Å²) < 4.78 is 6.97. The summed E-state index contributed by atoms with van der Waals surface area (Å²) in [6.45, 7) is 5.79. The van der Waals surface area contributed by atoms with E-state index in [-0.39, 0.29) is 6.42 Å². The molecule has 0 spiro atoms. The number of carbonyl (C=O) groups excluding carboxylic acids is 1. The predicted octanol–water partition coefficient (Wildman–Crippen LogP) is 2.45. The van der Waals surface area contributed by atoms with Crippen molar-refractivity contribution in [1.82, 2.24) is 14.9 Å². The molecule has 1 amide bonds. The molecule has 1 heterocycles. The highest BCUT2D eigenvalue weighted by Gasteiger charge is 2.24. The van der Waals surface area contributed by atoms with Crippen LogP contribution in [0, 0.1) is 0 Å². The number of aromatic nitrogens is 2. The molecule has 0 fully saturated rings. The maximum atomic E-state index is 11.8. The zero-order valence-corrected chi connectivity index (χ0v) is 14.6. The average molecular weight is 345 g/mol. The molecule has 7 nitrogen and oxygen atoms in total. The van der Waals surface area contributed by atoms with E-state index in [0.717, 1.165) is 5.56 Å². The first kappa shape index (κ1) is 18.5. The maximum absolute atomic E-state index is 11.8. The van der Waals surface area contributed by atoms with Crippen LogP contribution in [-0.2, 0) is 22.5 Å². The second kappa shape index (κ2) is 7.83. The van der Waals surface area contributed by atoms with E-state index in [1.165, 1.54) is 0 Å². The van der Waals surface area contributed by atoms with Crippen molar-refractivity contribution >= 4 is 12.1 Å². The second-order valence-electron chi connectivity index (χ2n) is 6.76. The van der Waals surface area contributed by atoms with E-state index < -0.39 is 23.7 Å². The molecule has 0 unspecified atom stereocenters. The molecule has 1 aromatic carbocycles. The molecule has 1 aromatic heterocycles. The van der Waals surface area contributed by atoms with E-state index in [0.29, 0.717) is 12.2 Å². The fourth-order valence-corrected chi connectivity index (χ4v) is 2.25. The van der Waals surface area contributed by atoms with Crippen LogP contribution in [0.3, 0.4) is 0 Å². The zero-order chi connectivity index (χ0) is 18.4. The van der Waals surface area contributed by atoms with Crippen molar-refractivity contribution in [1.29, 1.82) is 0 Å². The van der Waals surface area contributed by atoms with Crippen LogP contribution >= 0.6 is 0 Å². The normalized spacial score (nSPS) is 12.4. The average Bonchev–Trinajstić information content (AvgIpc) is 2.92. The summed E-state index contributed by atoms with van der Waals surface area (Å²) >= 11 is 0. The molecule has 134 valence electrons. The van der Waals surface area contributed by atoms with Crippen molar-refractivity contribution in [3.05, 3.63) is 54.1 Å². The summed E-state index contributed by atoms with van der Waals surface area (Å²) in [5, 5.41) is 11.7. The molecule has 2 rings (SSSR count). The fourth-order valence-electron chi connectivity index (χ4n) is 2.25. The van der Waals surface area contributed by atoms with Gasteiger partial charge >= 0.3 is 12.1 Å². The Morgan fingerprint density at radius 2 is 1.96 bits per heavy atom. The minimum absolute atomic E-state index is 0.0797. The number of aliphatic carboxylic acids is 1. The third kappa shape index (κ3) is 6.29. The first-order chi connectivity index (χ1) is 11.7. The van der Waals surface area contributed by atoms with Crippen molar-refractivity contribution in [3.63, 3.8) is 0 Å². The molecule has 2 N–H and O–H groups in total. The van der Waals surface area contributed by atoms with Crippen molar-refractivity contribution in [2.24, 2.45) is 0 Å². The van der Waals surface area contributed by atoms with E-state index in [9.17, 15) is 14.7 Å². The largest absolute Gasteiger partial charge is 0.480 e. The molecule has 0 saturated heterocycles. The smallest absolute Gasteiger partial charge is 0.408 e. The highest BCUT2D eigenvalue weighted by Crippen LogP contribution is 2.09.